The van der Waals surface area contributed by atoms with Crippen molar-refractivity contribution in [2.24, 2.45) is 0 Å². The van der Waals surface area contributed by atoms with Crippen LogP contribution in [0.2, 0.25) is 0 Å². The van der Waals surface area contributed by atoms with Crippen LogP contribution in [0.15, 0.2) is 48.5 Å². The van der Waals surface area contributed by atoms with Crippen LogP contribution >= 0.6 is 0 Å². The van der Waals surface area contributed by atoms with Gasteiger partial charge in [0.05, 0.1) is 0 Å². The lowest BCUT2D eigenvalue weighted by atomic mass is 9.46. The average Bonchev–Trinajstić information content (AvgIpc) is 2.62. The van der Waals surface area contributed by atoms with Gasteiger partial charge >= 0.3 is 0 Å². The molecule has 0 amide bonds. The molecule has 0 saturated heterocycles. The number of benzene rings is 2. The van der Waals surface area contributed by atoms with E-state index in [0.717, 1.165) is 0 Å². The highest BCUT2D eigenvalue weighted by atomic mass is 16.3. The number of hydrogen-bond donors (Lipinski definition) is 2. The number of fused-ring (bicyclic) bond motifs is 1. The quantitative estimate of drug-likeness (QED) is 0.775. The lowest BCUT2D eigenvalue weighted by Gasteiger charge is -2.58. The van der Waals surface area contributed by atoms with Crippen molar-refractivity contribution in [3.8, 4) is 11.5 Å². The third-order valence-electron chi connectivity index (χ3n) is 6.67. The van der Waals surface area contributed by atoms with Gasteiger partial charge in [0.2, 0.25) is 0 Å². The lowest BCUT2D eigenvalue weighted by molar-refractivity contribution is 0.0809. The maximum Gasteiger partial charge on any atom is 0.115 e. The average molecular weight is 322 g/mol. The van der Waals surface area contributed by atoms with Gasteiger partial charge in [-0.15, -0.1) is 0 Å². The van der Waals surface area contributed by atoms with Gasteiger partial charge in [-0.1, -0.05) is 49.9 Å². The Morgan fingerprint density at radius 2 is 0.792 bits per heavy atom. The highest BCUT2D eigenvalue weighted by molar-refractivity contribution is 5.43. The molecule has 2 N–H and O–H groups in total. The second-order valence-electron chi connectivity index (χ2n) is 7.67. The van der Waals surface area contributed by atoms with Gasteiger partial charge in [0.25, 0.3) is 0 Å². The van der Waals surface area contributed by atoms with E-state index in [0.29, 0.717) is 11.5 Å². The Morgan fingerprint density at radius 3 is 1.08 bits per heavy atom. The first-order valence-electron chi connectivity index (χ1n) is 9.25. The van der Waals surface area contributed by atoms with Crippen LogP contribution in [0.25, 0.3) is 0 Å². The molecule has 2 fully saturated rings. The molecule has 0 aromatic heterocycles. The number of aromatic hydroxyl groups is 2. The van der Waals surface area contributed by atoms with E-state index >= 15 is 0 Å². The summed E-state index contributed by atoms with van der Waals surface area (Å²) in [6, 6.07) is 15.9. The van der Waals surface area contributed by atoms with Crippen molar-refractivity contribution in [1.82, 2.24) is 0 Å². The molecule has 2 aromatic rings. The molecule has 2 aliphatic carbocycles. The van der Waals surface area contributed by atoms with Gasteiger partial charge in [0.15, 0.2) is 0 Å². The van der Waals surface area contributed by atoms with E-state index in [1.807, 2.05) is 24.3 Å². The summed E-state index contributed by atoms with van der Waals surface area (Å²) in [7, 11) is 0. The molecule has 2 nitrogen and oxygen atoms in total. The van der Waals surface area contributed by atoms with Crippen LogP contribution < -0.4 is 0 Å². The fourth-order valence-corrected chi connectivity index (χ4v) is 5.61. The van der Waals surface area contributed by atoms with Crippen LogP contribution in [0.4, 0.5) is 0 Å². The minimum Gasteiger partial charge on any atom is -0.508 e. The molecule has 0 heterocycles. The summed E-state index contributed by atoms with van der Waals surface area (Å²) in [5.74, 6) is 0.689. The van der Waals surface area contributed by atoms with Crippen molar-refractivity contribution in [3.05, 3.63) is 59.7 Å². The molecule has 4 rings (SSSR count). The van der Waals surface area contributed by atoms with Gasteiger partial charge in [-0.2, -0.15) is 0 Å². The SMILES string of the molecule is Oc1ccc(C23CCCCC2(c2ccc(O)cc2)CCCC3)cc1. The van der Waals surface area contributed by atoms with Crippen molar-refractivity contribution in [3.63, 3.8) is 0 Å². The fraction of sp³-hybridized carbons (Fsp3) is 0.455. The zero-order chi connectivity index (χ0) is 16.6. The molecule has 0 bridgehead atoms. The normalized spacial score (nSPS) is 29.8. The maximum atomic E-state index is 9.73. The first kappa shape index (κ1) is 15.6. The second kappa shape index (κ2) is 5.84. The number of phenols is 2. The highest BCUT2D eigenvalue weighted by Crippen LogP contribution is 2.61. The summed E-state index contributed by atoms with van der Waals surface area (Å²) < 4.78 is 0. The Kier molecular flexibility index (Phi) is 3.79. The topological polar surface area (TPSA) is 40.5 Å². The molecule has 0 aliphatic heterocycles. The first-order chi connectivity index (χ1) is 11.7. The maximum absolute atomic E-state index is 9.73. The lowest BCUT2D eigenvalue weighted by Crippen LogP contribution is -2.53. The van der Waals surface area contributed by atoms with E-state index in [9.17, 15) is 10.2 Å². The first-order valence-corrected chi connectivity index (χ1v) is 9.25. The Hall–Kier alpha value is -1.96. The van der Waals surface area contributed by atoms with Crippen molar-refractivity contribution < 1.29 is 10.2 Å². The van der Waals surface area contributed by atoms with E-state index in [-0.39, 0.29) is 10.8 Å². The van der Waals surface area contributed by atoms with Crippen molar-refractivity contribution in [2.75, 3.05) is 0 Å². The van der Waals surface area contributed by atoms with Crippen molar-refractivity contribution in [2.45, 2.75) is 62.2 Å². The van der Waals surface area contributed by atoms with Crippen LogP contribution in [-0.4, -0.2) is 10.2 Å². The summed E-state index contributed by atoms with van der Waals surface area (Å²) in [6.45, 7) is 0. The zero-order valence-corrected chi connectivity index (χ0v) is 14.2. The summed E-state index contributed by atoms with van der Waals surface area (Å²) in [5, 5.41) is 19.5. The Bertz CT molecular complexity index is 624. The number of rotatable bonds is 2. The minimum atomic E-state index is 0.161. The molecule has 0 spiro atoms. The van der Waals surface area contributed by atoms with Crippen LogP contribution in [0.5, 0.6) is 11.5 Å². The van der Waals surface area contributed by atoms with Gasteiger partial charge in [0, 0.05) is 10.8 Å². The molecule has 24 heavy (non-hydrogen) atoms. The van der Waals surface area contributed by atoms with E-state index in [4.69, 9.17) is 0 Å². The van der Waals surface area contributed by atoms with Crippen LogP contribution in [-0.2, 0) is 10.8 Å². The van der Waals surface area contributed by atoms with E-state index < -0.39 is 0 Å². The molecule has 2 saturated carbocycles. The Morgan fingerprint density at radius 1 is 0.500 bits per heavy atom. The third kappa shape index (κ3) is 2.23. The Labute approximate surface area is 144 Å². The third-order valence-corrected chi connectivity index (χ3v) is 6.67. The summed E-state index contributed by atoms with van der Waals surface area (Å²) in [5.41, 5.74) is 3.09. The number of hydrogen-bond acceptors (Lipinski definition) is 2. The molecule has 2 aliphatic rings. The zero-order valence-electron chi connectivity index (χ0n) is 14.2. The molecule has 2 aromatic carbocycles. The largest absolute Gasteiger partial charge is 0.508 e. The summed E-state index contributed by atoms with van der Waals surface area (Å²) in [6.07, 6.45) is 10.00. The van der Waals surface area contributed by atoms with Crippen LogP contribution in [0, 0.1) is 0 Å². The molecule has 0 atom stereocenters. The van der Waals surface area contributed by atoms with Gasteiger partial charge in [-0.25, -0.2) is 0 Å². The highest BCUT2D eigenvalue weighted by Gasteiger charge is 2.55. The Balaban J connectivity index is 1.89. The molecular formula is C22H26O2. The van der Waals surface area contributed by atoms with Gasteiger partial charge < -0.3 is 10.2 Å². The minimum absolute atomic E-state index is 0.161. The molecule has 2 heteroatoms. The van der Waals surface area contributed by atoms with Crippen LogP contribution in [0.3, 0.4) is 0 Å². The molecular weight excluding hydrogens is 296 g/mol. The predicted molar refractivity (Wildman–Crippen MR) is 96.5 cm³/mol. The standard InChI is InChI=1S/C22H26O2/c23-19-9-5-17(6-10-19)21-13-1-2-14-22(21,16-4-3-15-21)18-7-11-20(24)12-8-18/h5-12,23-24H,1-4,13-16H2. The van der Waals surface area contributed by atoms with E-state index in [2.05, 4.69) is 24.3 Å². The predicted octanol–water partition coefficient (Wildman–Crippen LogP) is 5.42. The molecule has 126 valence electrons. The van der Waals surface area contributed by atoms with Crippen molar-refractivity contribution >= 4 is 0 Å². The summed E-state index contributed by atoms with van der Waals surface area (Å²) >= 11 is 0. The van der Waals surface area contributed by atoms with E-state index in [1.54, 1.807) is 0 Å². The summed E-state index contributed by atoms with van der Waals surface area (Å²) in [4.78, 5) is 0. The van der Waals surface area contributed by atoms with Gasteiger partial charge in [-0.05, 0) is 61.1 Å². The van der Waals surface area contributed by atoms with Gasteiger partial charge in [0.1, 0.15) is 11.5 Å². The second-order valence-corrected chi connectivity index (χ2v) is 7.67. The van der Waals surface area contributed by atoms with Crippen LogP contribution in [0.1, 0.15) is 62.5 Å². The van der Waals surface area contributed by atoms with Crippen molar-refractivity contribution in [1.29, 1.82) is 0 Å². The molecule has 0 radical (unpaired) electrons. The molecule has 0 unspecified atom stereocenters. The fourth-order valence-electron chi connectivity index (χ4n) is 5.61. The number of phenolic OH excluding ortho intramolecular Hbond substituents is 2. The monoisotopic (exact) mass is 322 g/mol. The smallest absolute Gasteiger partial charge is 0.115 e. The van der Waals surface area contributed by atoms with Gasteiger partial charge in [-0.3, -0.25) is 0 Å². The van der Waals surface area contributed by atoms with E-state index in [1.165, 1.54) is 62.5 Å².